The molecule has 0 aliphatic carbocycles. The zero-order valence-electron chi connectivity index (χ0n) is 11.7. The van der Waals surface area contributed by atoms with Crippen LogP contribution in [-0.4, -0.2) is 53.9 Å². The first-order valence-electron chi connectivity index (χ1n) is 6.19. The molecule has 0 aromatic heterocycles. The molecule has 0 bridgehead atoms. The number of terminal acetylenes is 1. The van der Waals surface area contributed by atoms with Crippen LogP contribution in [0.2, 0.25) is 0 Å². The summed E-state index contributed by atoms with van der Waals surface area (Å²) in [5, 5.41) is 12.3. The van der Waals surface area contributed by atoms with Gasteiger partial charge in [0.15, 0.2) is 0 Å². The zero-order valence-corrected chi connectivity index (χ0v) is 11.7. The van der Waals surface area contributed by atoms with Gasteiger partial charge in [-0.1, -0.05) is 5.92 Å². The molecular formula is C12H15F4N3O4. The lowest BCUT2D eigenvalue weighted by atomic mass is 10.1. The smallest absolute Gasteiger partial charge is 0.475 e. The summed E-state index contributed by atoms with van der Waals surface area (Å²) in [6, 6.07) is -1.32. The Morgan fingerprint density at radius 2 is 1.96 bits per heavy atom. The first-order chi connectivity index (χ1) is 10.5. The Morgan fingerprint density at radius 3 is 2.26 bits per heavy atom. The van der Waals surface area contributed by atoms with Crippen LogP contribution in [0.1, 0.15) is 12.8 Å². The van der Waals surface area contributed by atoms with Crippen LogP contribution < -0.4 is 16.4 Å². The summed E-state index contributed by atoms with van der Waals surface area (Å²) in [6.07, 6.45) is -0.965. The van der Waals surface area contributed by atoms with Crippen molar-refractivity contribution in [2.75, 3.05) is 6.54 Å². The number of rotatable bonds is 4. The molecule has 0 radical (unpaired) electrons. The van der Waals surface area contributed by atoms with Gasteiger partial charge in [0.05, 0.1) is 18.5 Å². The maximum Gasteiger partial charge on any atom is 0.490 e. The second kappa shape index (κ2) is 8.94. The molecule has 1 aliphatic heterocycles. The second-order valence-corrected chi connectivity index (χ2v) is 4.50. The standard InChI is InChI=1S/C10H14FN3O2.C2HF3O2/c1-2-7(4-9(12)15)14-10(16)8-3-6(11)5-13-8;3-2(4,5)1(6)7/h1,6-8,13H,3-5H2,(H2,12,15)(H,14,16);(H,6,7)/t6-,7-,8+;/m1./s1. The molecule has 0 aromatic rings. The summed E-state index contributed by atoms with van der Waals surface area (Å²) < 4.78 is 44.5. The number of amides is 2. The third kappa shape index (κ3) is 8.62. The molecular weight excluding hydrogens is 326 g/mol. The molecule has 0 saturated carbocycles. The fraction of sp³-hybridized carbons (Fsp3) is 0.583. The van der Waals surface area contributed by atoms with Crippen LogP contribution in [0.5, 0.6) is 0 Å². The van der Waals surface area contributed by atoms with Crippen molar-refractivity contribution in [3.8, 4) is 12.3 Å². The highest BCUT2D eigenvalue weighted by atomic mass is 19.4. The maximum absolute atomic E-state index is 12.8. The summed E-state index contributed by atoms with van der Waals surface area (Å²) in [4.78, 5) is 31.1. The molecule has 130 valence electrons. The van der Waals surface area contributed by atoms with E-state index >= 15 is 0 Å². The van der Waals surface area contributed by atoms with E-state index < -0.39 is 42.2 Å². The number of aliphatic carboxylic acids is 1. The van der Waals surface area contributed by atoms with Crippen LogP contribution in [0.3, 0.4) is 0 Å². The molecule has 1 heterocycles. The molecule has 1 fully saturated rings. The lowest BCUT2D eigenvalue weighted by Gasteiger charge is -2.15. The second-order valence-electron chi connectivity index (χ2n) is 4.50. The fourth-order valence-corrected chi connectivity index (χ4v) is 1.52. The van der Waals surface area contributed by atoms with E-state index in [2.05, 4.69) is 16.6 Å². The first-order valence-corrected chi connectivity index (χ1v) is 6.19. The normalized spacial score (nSPS) is 21.3. The van der Waals surface area contributed by atoms with Crippen LogP contribution in [0, 0.1) is 12.3 Å². The van der Waals surface area contributed by atoms with Crippen molar-refractivity contribution in [1.29, 1.82) is 0 Å². The molecule has 0 aromatic carbocycles. The van der Waals surface area contributed by atoms with E-state index in [0.717, 1.165) is 0 Å². The molecule has 7 nitrogen and oxygen atoms in total. The van der Waals surface area contributed by atoms with Gasteiger partial charge in [0.2, 0.25) is 11.8 Å². The van der Waals surface area contributed by atoms with Crippen LogP contribution in [0.25, 0.3) is 0 Å². The highest BCUT2D eigenvalue weighted by molar-refractivity contribution is 5.84. The quantitative estimate of drug-likeness (QED) is 0.398. The number of alkyl halides is 4. The predicted molar refractivity (Wildman–Crippen MR) is 69.6 cm³/mol. The summed E-state index contributed by atoms with van der Waals surface area (Å²) >= 11 is 0. The minimum Gasteiger partial charge on any atom is -0.475 e. The van der Waals surface area contributed by atoms with Gasteiger partial charge in [0, 0.05) is 13.0 Å². The molecule has 11 heteroatoms. The Kier molecular flexibility index (Phi) is 8.03. The Morgan fingerprint density at radius 1 is 1.43 bits per heavy atom. The van der Waals surface area contributed by atoms with Crippen molar-refractivity contribution >= 4 is 17.8 Å². The summed E-state index contributed by atoms with van der Waals surface area (Å²) in [6.45, 7) is 0.161. The number of nitrogens with two attached hydrogens (primary N) is 1. The molecule has 1 aliphatic rings. The van der Waals surface area contributed by atoms with Gasteiger partial charge in [0.25, 0.3) is 0 Å². The number of carboxylic acid groups (broad SMARTS) is 1. The highest BCUT2D eigenvalue weighted by Gasteiger charge is 2.38. The van der Waals surface area contributed by atoms with E-state index in [1.807, 2.05) is 0 Å². The zero-order chi connectivity index (χ0) is 18.2. The number of carbonyl (C=O) groups excluding carboxylic acids is 2. The van der Waals surface area contributed by atoms with Gasteiger partial charge in [-0.25, -0.2) is 9.18 Å². The Balaban J connectivity index is 0.000000585. The lowest BCUT2D eigenvalue weighted by molar-refractivity contribution is -0.192. The van der Waals surface area contributed by atoms with Gasteiger partial charge < -0.3 is 21.5 Å². The molecule has 0 spiro atoms. The first kappa shape index (κ1) is 20.6. The number of carboxylic acids is 1. The fourth-order valence-electron chi connectivity index (χ4n) is 1.52. The van der Waals surface area contributed by atoms with Crippen molar-refractivity contribution in [1.82, 2.24) is 10.6 Å². The Labute approximate surface area is 128 Å². The molecule has 2 amide bonds. The number of halogens is 4. The third-order valence-corrected chi connectivity index (χ3v) is 2.56. The van der Waals surface area contributed by atoms with E-state index in [0.29, 0.717) is 0 Å². The monoisotopic (exact) mass is 341 g/mol. The third-order valence-electron chi connectivity index (χ3n) is 2.56. The lowest BCUT2D eigenvalue weighted by Crippen LogP contribution is -2.45. The maximum atomic E-state index is 12.8. The molecule has 1 saturated heterocycles. The van der Waals surface area contributed by atoms with Gasteiger partial charge in [-0.05, 0) is 0 Å². The van der Waals surface area contributed by atoms with E-state index in [1.54, 1.807) is 0 Å². The highest BCUT2D eigenvalue weighted by Crippen LogP contribution is 2.13. The van der Waals surface area contributed by atoms with Crippen LogP contribution in [0.15, 0.2) is 0 Å². The van der Waals surface area contributed by atoms with E-state index in [9.17, 15) is 27.2 Å². The van der Waals surface area contributed by atoms with Gasteiger partial charge in [0.1, 0.15) is 6.17 Å². The molecule has 3 atom stereocenters. The minimum absolute atomic E-state index is 0.117. The number of carbonyl (C=O) groups is 3. The van der Waals surface area contributed by atoms with E-state index in [4.69, 9.17) is 22.1 Å². The van der Waals surface area contributed by atoms with Gasteiger partial charge >= 0.3 is 12.1 Å². The van der Waals surface area contributed by atoms with Crippen molar-refractivity contribution in [3.05, 3.63) is 0 Å². The van der Waals surface area contributed by atoms with Crippen molar-refractivity contribution in [2.45, 2.75) is 37.3 Å². The van der Waals surface area contributed by atoms with Crippen molar-refractivity contribution in [2.24, 2.45) is 5.73 Å². The van der Waals surface area contributed by atoms with Gasteiger partial charge in [-0.3, -0.25) is 9.59 Å². The average molecular weight is 341 g/mol. The van der Waals surface area contributed by atoms with Gasteiger partial charge in [-0.15, -0.1) is 6.42 Å². The summed E-state index contributed by atoms with van der Waals surface area (Å²) in [7, 11) is 0. The largest absolute Gasteiger partial charge is 0.490 e. The molecule has 0 unspecified atom stereocenters. The van der Waals surface area contributed by atoms with Gasteiger partial charge in [-0.2, -0.15) is 13.2 Å². The van der Waals surface area contributed by atoms with E-state index in [1.165, 1.54) is 0 Å². The van der Waals surface area contributed by atoms with Crippen LogP contribution in [0.4, 0.5) is 17.6 Å². The molecule has 1 rings (SSSR count). The number of hydrogen-bond donors (Lipinski definition) is 4. The Hall–Kier alpha value is -2.35. The van der Waals surface area contributed by atoms with E-state index in [-0.39, 0.29) is 19.4 Å². The number of nitrogens with one attached hydrogen (secondary N) is 2. The average Bonchev–Trinajstić information content (AvgIpc) is 2.83. The molecule has 23 heavy (non-hydrogen) atoms. The SMILES string of the molecule is C#C[C@H](CC(N)=O)NC(=O)[C@@H]1C[C@@H](F)CN1.O=C(O)C(F)(F)F. The summed E-state index contributed by atoms with van der Waals surface area (Å²) in [5.41, 5.74) is 4.96. The topological polar surface area (TPSA) is 122 Å². The number of primary amides is 1. The Bertz CT molecular complexity index is 490. The van der Waals surface area contributed by atoms with Crippen LogP contribution in [-0.2, 0) is 14.4 Å². The minimum atomic E-state index is -5.08. The van der Waals surface area contributed by atoms with Crippen LogP contribution >= 0.6 is 0 Å². The predicted octanol–water partition coefficient (Wildman–Crippen LogP) is -0.687. The summed E-state index contributed by atoms with van der Waals surface area (Å²) in [5.74, 6) is -1.50. The number of hydrogen-bond acceptors (Lipinski definition) is 4. The molecule has 5 N–H and O–H groups in total. The van der Waals surface area contributed by atoms with Crippen molar-refractivity contribution < 1.29 is 37.1 Å². The van der Waals surface area contributed by atoms with Crippen molar-refractivity contribution in [3.63, 3.8) is 0 Å².